The van der Waals surface area contributed by atoms with Gasteiger partial charge in [0.2, 0.25) is 11.9 Å². The third-order valence-corrected chi connectivity index (χ3v) is 6.40. The third kappa shape index (κ3) is 6.06. The minimum Gasteiger partial charge on any atom is -0.465 e. The van der Waals surface area contributed by atoms with Crippen LogP contribution >= 0.6 is 23.2 Å². The zero-order valence-electron chi connectivity index (χ0n) is 19.1. The number of amides is 1. The number of aliphatic imine (C=N–C) groups is 1. The van der Waals surface area contributed by atoms with Crippen molar-refractivity contribution in [3.63, 3.8) is 0 Å². The fourth-order valence-corrected chi connectivity index (χ4v) is 4.37. The Labute approximate surface area is 203 Å². The maximum atomic E-state index is 13.7. The van der Waals surface area contributed by atoms with Crippen molar-refractivity contribution in [3.8, 4) is 0 Å². The molecule has 1 aromatic heterocycles. The standard InChI is InChI=1S/C23H29Cl2N5O3/c1-4-17(15(13-33-20(31)5-2)11-16-12-26-14-29(16)3)22(32)30-10-9-27-23(30)28-21-18(24)7-6-8-19(21)25/h6-8,12,14-15,17H,4-5,9-11,13H2,1-3H3,(H,27,28)/t15-,17-/m0/s1. The largest absolute Gasteiger partial charge is 0.465 e. The number of imidazole rings is 1. The van der Waals surface area contributed by atoms with Crippen LogP contribution in [0.15, 0.2) is 35.7 Å². The summed E-state index contributed by atoms with van der Waals surface area (Å²) in [4.78, 5) is 35.8. The van der Waals surface area contributed by atoms with Gasteiger partial charge in [-0.3, -0.25) is 19.5 Å². The molecule has 8 nitrogen and oxygen atoms in total. The number of carbonyl (C=O) groups excluding carboxylic acids is 2. The minimum absolute atomic E-state index is 0.0795. The molecule has 0 unspecified atom stereocenters. The van der Waals surface area contributed by atoms with E-state index in [1.165, 1.54) is 0 Å². The van der Waals surface area contributed by atoms with Gasteiger partial charge in [-0.05, 0) is 25.0 Å². The Bertz CT molecular complexity index is 1000. The molecule has 1 N–H and O–H groups in total. The molecule has 1 aliphatic heterocycles. The van der Waals surface area contributed by atoms with Crippen LogP contribution in [0.1, 0.15) is 32.4 Å². The number of rotatable bonds is 9. The molecule has 2 atom stereocenters. The summed E-state index contributed by atoms with van der Waals surface area (Å²) in [5.74, 6) is -0.538. The molecule has 10 heteroatoms. The Balaban J connectivity index is 1.81. The highest BCUT2D eigenvalue weighted by atomic mass is 35.5. The number of hydrogen-bond acceptors (Lipinski definition) is 6. The number of esters is 1. The van der Waals surface area contributed by atoms with E-state index in [9.17, 15) is 9.59 Å². The Hall–Kier alpha value is -2.58. The molecule has 1 amide bonds. The first-order valence-corrected chi connectivity index (χ1v) is 11.8. The number of aryl methyl sites for hydroxylation is 1. The van der Waals surface area contributed by atoms with Crippen LogP contribution in [0.2, 0.25) is 10.0 Å². The number of ether oxygens (including phenoxy) is 1. The fraction of sp³-hybridized carbons (Fsp3) is 0.478. The predicted molar refractivity (Wildman–Crippen MR) is 130 cm³/mol. The lowest BCUT2D eigenvalue weighted by atomic mass is 9.85. The fourth-order valence-electron chi connectivity index (χ4n) is 3.88. The average molecular weight is 494 g/mol. The van der Waals surface area contributed by atoms with Crippen molar-refractivity contribution in [2.75, 3.05) is 25.0 Å². The van der Waals surface area contributed by atoms with Gasteiger partial charge in [0.1, 0.15) is 0 Å². The SMILES string of the molecule is CCC(=O)OC[C@H](Cc1cncn1C)[C@H](CC)C(=O)N1CCN=C1Nc1c(Cl)cccc1Cl. The van der Waals surface area contributed by atoms with Crippen molar-refractivity contribution in [2.45, 2.75) is 33.1 Å². The van der Waals surface area contributed by atoms with Crippen LogP contribution in [-0.2, 0) is 27.8 Å². The highest BCUT2D eigenvalue weighted by Crippen LogP contribution is 2.31. The van der Waals surface area contributed by atoms with Gasteiger partial charge in [0.25, 0.3) is 0 Å². The Morgan fingerprint density at radius 1 is 1.24 bits per heavy atom. The number of nitrogens with one attached hydrogen (secondary N) is 1. The molecule has 1 aliphatic rings. The summed E-state index contributed by atoms with van der Waals surface area (Å²) in [6.07, 6.45) is 4.92. The van der Waals surface area contributed by atoms with Crippen LogP contribution in [0.5, 0.6) is 0 Å². The molecule has 0 saturated carbocycles. The molecule has 2 heterocycles. The van der Waals surface area contributed by atoms with Crippen molar-refractivity contribution in [3.05, 3.63) is 46.5 Å². The first-order valence-electron chi connectivity index (χ1n) is 11.0. The van der Waals surface area contributed by atoms with E-state index in [1.807, 2.05) is 18.5 Å². The zero-order valence-corrected chi connectivity index (χ0v) is 20.6. The topological polar surface area (TPSA) is 88.8 Å². The number of carbonyl (C=O) groups is 2. The number of halogens is 2. The third-order valence-electron chi connectivity index (χ3n) is 5.77. The first-order chi connectivity index (χ1) is 15.8. The number of nitrogens with zero attached hydrogens (tertiary/aromatic N) is 4. The minimum atomic E-state index is -0.378. The van der Waals surface area contributed by atoms with Crippen LogP contribution < -0.4 is 5.32 Å². The summed E-state index contributed by atoms with van der Waals surface area (Å²) in [7, 11) is 1.91. The Kier molecular flexibility index (Phi) is 8.74. The van der Waals surface area contributed by atoms with Gasteiger partial charge in [0.15, 0.2) is 0 Å². The van der Waals surface area contributed by atoms with Crippen molar-refractivity contribution in [2.24, 2.45) is 23.9 Å². The predicted octanol–water partition coefficient (Wildman–Crippen LogP) is 4.18. The van der Waals surface area contributed by atoms with E-state index in [1.54, 1.807) is 42.5 Å². The molecular formula is C23H29Cl2N5O3. The Morgan fingerprint density at radius 2 is 1.97 bits per heavy atom. The van der Waals surface area contributed by atoms with E-state index in [0.717, 1.165) is 5.69 Å². The second-order valence-electron chi connectivity index (χ2n) is 7.93. The quantitative estimate of drug-likeness (QED) is 0.529. The van der Waals surface area contributed by atoms with Gasteiger partial charge < -0.3 is 14.6 Å². The number of anilines is 1. The lowest BCUT2D eigenvalue weighted by Crippen LogP contribution is -2.45. The van der Waals surface area contributed by atoms with Gasteiger partial charge >= 0.3 is 5.97 Å². The summed E-state index contributed by atoms with van der Waals surface area (Å²) in [5.41, 5.74) is 1.48. The van der Waals surface area contributed by atoms with E-state index in [-0.39, 0.29) is 36.7 Å². The van der Waals surface area contributed by atoms with Gasteiger partial charge in [-0.15, -0.1) is 0 Å². The van der Waals surface area contributed by atoms with Gasteiger partial charge in [0, 0.05) is 43.7 Å². The molecule has 0 radical (unpaired) electrons. The molecular weight excluding hydrogens is 465 g/mol. The van der Waals surface area contributed by atoms with Crippen LogP contribution in [0, 0.1) is 11.8 Å². The molecule has 1 aromatic carbocycles. The monoisotopic (exact) mass is 493 g/mol. The first kappa shape index (κ1) is 25.1. The number of hydrogen-bond donors (Lipinski definition) is 1. The van der Waals surface area contributed by atoms with Crippen LogP contribution in [0.25, 0.3) is 0 Å². The van der Waals surface area contributed by atoms with Gasteiger partial charge in [-0.25, -0.2) is 4.98 Å². The van der Waals surface area contributed by atoms with Crippen LogP contribution in [-0.4, -0.2) is 52.0 Å². The highest BCUT2D eigenvalue weighted by Gasteiger charge is 2.35. The molecule has 3 rings (SSSR count). The Morgan fingerprint density at radius 3 is 2.58 bits per heavy atom. The zero-order chi connectivity index (χ0) is 24.0. The lowest BCUT2D eigenvalue weighted by Gasteiger charge is -2.30. The second-order valence-corrected chi connectivity index (χ2v) is 8.74. The maximum absolute atomic E-state index is 13.7. The normalized spacial score (nSPS) is 15.2. The maximum Gasteiger partial charge on any atom is 0.305 e. The summed E-state index contributed by atoms with van der Waals surface area (Å²) in [6, 6.07) is 5.19. The molecule has 178 valence electrons. The number of para-hydroxylation sites is 1. The summed E-state index contributed by atoms with van der Waals surface area (Å²) in [5, 5.41) is 4.02. The molecule has 0 saturated heterocycles. The molecule has 33 heavy (non-hydrogen) atoms. The van der Waals surface area contributed by atoms with E-state index in [2.05, 4.69) is 15.3 Å². The van der Waals surface area contributed by atoms with Crippen LogP contribution in [0.4, 0.5) is 5.69 Å². The van der Waals surface area contributed by atoms with Crippen molar-refractivity contribution in [1.82, 2.24) is 14.5 Å². The molecule has 2 aromatic rings. The lowest BCUT2D eigenvalue weighted by molar-refractivity contribution is -0.147. The molecule has 0 aliphatic carbocycles. The van der Waals surface area contributed by atoms with Gasteiger partial charge in [0.05, 0.1) is 35.2 Å². The van der Waals surface area contributed by atoms with E-state index in [0.29, 0.717) is 47.6 Å². The number of guanidine groups is 1. The van der Waals surface area contributed by atoms with Gasteiger partial charge in [-0.1, -0.05) is 43.1 Å². The van der Waals surface area contributed by atoms with Gasteiger partial charge in [-0.2, -0.15) is 0 Å². The van der Waals surface area contributed by atoms with Crippen LogP contribution in [0.3, 0.4) is 0 Å². The average Bonchev–Trinajstić information content (AvgIpc) is 3.43. The highest BCUT2D eigenvalue weighted by molar-refractivity contribution is 6.39. The van der Waals surface area contributed by atoms with Crippen molar-refractivity contribution in [1.29, 1.82) is 0 Å². The number of benzene rings is 1. The molecule has 0 spiro atoms. The molecule has 0 fully saturated rings. The summed E-state index contributed by atoms with van der Waals surface area (Å²) in [6.45, 7) is 4.80. The molecule has 0 bridgehead atoms. The smallest absolute Gasteiger partial charge is 0.305 e. The second kappa shape index (κ2) is 11.5. The summed E-state index contributed by atoms with van der Waals surface area (Å²) < 4.78 is 7.38. The van der Waals surface area contributed by atoms with E-state index < -0.39 is 0 Å². The van der Waals surface area contributed by atoms with Crippen molar-refractivity contribution < 1.29 is 14.3 Å². The summed E-state index contributed by atoms with van der Waals surface area (Å²) >= 11 is 12.6. The van der Waals surface area contributed by atoms with E-state index in [4.69, 9.17) is 27.9 Å². The van der Waals surface area contributed by atoms with E-state index >= 15 is 0 Å². The number of aromatic nitrogens is 2. The van der Waals surface area contributed by atoms with Crippen molar-refractivity contribution >= 4 is 46.7 Å².